The van der Waals surface area contributed by atoms with Gasteiger partial charge in [-0.1, -0.05) is 6.07 Å². The summed E-state index contributed by atoms with van der Waals surface area (Å²) in [6.45, 7) is 2.38. The predicted molar refractivity (Wildman–Crippen MR) is 75.3 cm³/mol. The van der Waals surface area contributed by atoms with Crippen LogP contribution < -0.4 is 15.8 Å². The topological polar surface area (TPSA) is 64.3 Å². The molecule has 0 unspecified atom stereocenters. The second-order valence-corrected chi connectivity index (χ2v) is 4.17. The lowest BCUT2D eigenvalue weighted by Gasteiger charge is -2.10. The predicted octanol–water partition coefficient (Wildman–Crippen LogP) is 2.95. The highest BCUT2D eigenvalue weighted by atomic mass is 19.1. The van der Waals surface area contributed by atoms with Gasteiger partial charge in [-0.3, -0.25) is 4.79 Å². The fourth-order valence-electron chi connectivity index (χ4n) is 1.70. The van der Waals surface area contributed by atoms with E-state index in [1.807, 2.05) is 6.92 Å². The molecule has 2 aromatic rings. The number of rotatable bonds is 4. The van der Waals surface area contributed by atoms with E-state index in [1.165, 1.54) is 18.2 Å². The number of hydrogen-bond donors (Lipinski definition) is 2. The fraction of sp³-hybridized carbons (Fsp3) is 0.133. The highest BCUT2D eigenvalue weighted by Crippen LogP contribution is 2.28. The number of anilines is 1. The molecule has 2 aromatic carbocycles. The number of ether oxygens (including phenoxy) is 1. The third-order valence-electron chi connectivity index (χ3n) is 2.63. The van der Waals surface area contributed by atoms with Gasteiger partial charge in [0, 0.05) is 18.2 Å². The number of nitrogens with two attached hydrogens (primary N) is 1. The van der Waals surface area contributed by atoms with Crippen molar-refractivity contribution in [2.24, 2.45) is 0 Å². The third kappa shape index (κ3) is 3.26. The van der Waals surface area contributed by atoms with Gasteiger partial charge in [-0.2, -0.15) is 0 Å². The number of nitrogens with one attached hydrogen (secondary N) is 1. The van der Waals surface area contributed by atoms with Gasteiger partial charge in [0.25, 0.3) is 5.91 Å². The van der Waals surface area contributed by atoms with Crippen molar-refractivity contribution < 1.29 is 13.9 Å². The van der Waals surface area contributed by atoms with Gasteiger partial charge in [-0.25, -0.2) is 4.39 Å². The van der Waals surface area contributed by atoms with E-state index in [9.17, 15) is 9.18 Å². The summed E-state index contributed by atoms with van der Waals surface area (Å²) in [4.78, 5) is 11.7. The molecule has 0 aromatic heterocycles. The summed E-state index contributed by atoms with van der Waals surface area (Å²) in [5.74, 6) is 0.141. The van der Waals surface area contributed by atoms with Crippen molar-refractivity contribution in [3.05, 3.63) is 53.8 Å². The lowest BCUT2D eigenvalue weighted by Crippen LogP contribution is -2.22. The van der Waals surface area contributed by atoms with Gasteiger partial charge >= 0.3 is 0 Å². The Bertz CT molecular complexity index is 629. The minimum atomic E-state index is -0.389. The monoisotopic (exact) mass is 274 g/mol. The molecule has 1 amide bonds. The van der Waals surface area contributed by atoms with Gasteiger partial charge in [-0.05, 0) is 37.3 Å². The number of halogens is 1. The molecule has 0 aliphatic carbocycles. The first kappa shape index (κ1) is 13.9. The number of benzene rings is 2. The Morgan fingerprint density at radius 2 is 2.10 bits per heavy atom. The van der Waals surface area contributed by atoms with Crippen LogP contribution in [0.5, 0.6) is 11.5 Å². The summed E-state index contributed by atoms with van der Waals surface area (Å²) >= 11 is 0. The van der Waals surface area contributed by atoms with Crippen molar-refractivity contribution in [2.75, 3.05) is 12.3 Å². The minimum Gasteiger partial charge on any atom is -0.455 e. The van der Waals surface area contributed by atoms with E-state index in [1.54, 1.807) is 24.3 Å². The number of carbonyl (C=O) groups excluding carboxylic acids is 1. The van der Waals surface area contributed by atoms with Crippen molar-refractivity contribution in [3.8, 4) is 11.5 Å². The van der Waals surface area contributed by atoms with Crippen molar-refractivity contribution in [1.29, 1.82) is 0 Å². The Labute approximate surface area is 116 Å². The molecule has 2 rings (SSSR count). The minimum absolute atomic E-state index is 0.198. The number of hydrogen-bond acceptors (Lipinski definition) is 3. The fourth-order valence-corrected chi connectivity index (χ4v) is 1.70. The molecule has 104 valence electrons. The maximum atomic E-state index is 13.1. The second-order valence-electron chi connectivity index (χ2n) is 4.17. The molecule has 0 aliphatic heterocycles. The maximum absolute atomic E-state index is 13.1. The first-order chi connectivity index (χ1) is 9.60. The first-order valence-corrected chi connectivity index (χ1v) is 6.21. The molecular weight excluding hydrogens is 259 g/mol. The molecule has 0 saturated heterocycles. The molecule has 0 bridgehead atoms. The van der Waals surface area contributed by atoms with Crippen LogP contribution in [-0.2, 0) is 0 Å². The molecule has 0 spiro atoms. The van der Waals surface area contributed by atoms with Gasteiger partial charge in [0.05, 0.1) is 5.69 Å². The lowest BCUT2D eigenvalue weighted by atomic mass is 10.1. The number of nitrogen functional groups attached to an aromatic ring is 1. The van der Waals surface area contributed by atoms with Gasteiger partial charge in [0.2, 0.25) is 0 Å². The largest absolute Gasteiger partial charge is 0.455 e. The Kier molecular flexibility index (Phi) is 4.20. The Morgan fingerprint density at radius 1 is 1.30 bits per heavy atom. The van der Waals surface area contributed by atoms with E-state index in [0.717, 1.165) is 0 Å². The normalized spacial score (nSPS) is 10.1. The van der Waals surface area contributed by atoms with Crippen LogP contribution in [0.25, 0.3) is 0 Å². The van der Waals surface area contributed by atoms with E-state index in [-0.39, 0.29) is 11.7 Å². The lowest BCUT2D eigenvalue weighted by molar-refractivity contribution is 0.0956. The first-order valence-electron chi connectivity index (χ1n) is 6.21. The molecule has 0 radical (unpaired) electrons. The molecule has 20 heavy (non-hydrogen) atoms. The average molecular weight is 274 g/mol. The van der Waals surface area contributed by atoms with Crippen LogP contribution in [0.4, 0.5) is 10.1 Å². The summed E-state index contributed by atoms with van der Waals surface area (Å²) in [6.07, 6.45) is 0. The van der Waals surface area contributed by atoms with Crippen molar-refractivity contribution in [3.63, 3.8) is 0 Å². The molecule has 4 nitrogen and oxygen atoms in total. The van der Waals surface area contributed by atoms with E-state index in [0.29, 0.717) is 29.3 Å². The molecule has 3 N–H and O–H groups in total. The van der Waals surface area contributed by atoms with Crippen LogP contribution in [0.2, 0.25) is 0 Å². The Balaban J connectivity index is 2.20. The zero-order valence-electron chi connectivity index (χ0n) is 11.0. The summed E-state index contributed by atoms with van der Waals surface area (Å²) in [5, 5.41) is 2.68. The zero-order valence-corrected chi connectivity index (χ0v) is 11.0. The average Bonchev–Trinajstić information content (AvgIpc) is 2.41. The zero-order chi connectivity index (χ0) is 14.5. The molecule has 0 saturated carbocycles. The second kappa shape index (κ2) is 6.06. The number of amides is 1. The van der Waals surface area contributed by atoms with Crippen LogP contribution in [0.3, 0.4) is 0 Å². The summed E-state index contributed by atoms with van der Waals surface area (Å²) in [6, 6.07) is 10.5. The van der Waals surface area contributed by atoms with Crippen molar-refractivity contribution in [1.82, 2.24) is 5.32 Å². The highest BCUT2D eigenvalue weighted by Gasteiger charge is 2.09. The van der Waals surface area contributed by atoms with Gasteiger partial charge < -0.3 is 15.8 Å². The molecule has 0 atom stereocenters. The Morgan fingerprint density at radius 3 is 2.75 bits per heavy atom. The standard InChI is InChI=1S/C15H15FN2O2/c1-2-18-15(19)10-6-7-14(13(17)8-10)20-12-5-3-4-11(16)9-12/h3-9H,2,17H2,1H3,(H,18,19). The van der Waals surface area contributed by atoms with Crippen LogP contribution in [0, 0.1) is 5.82 Å². The highest BCUT2D eigenvalue weighted by molar-refractivity contribution is 5.95. The van der Waals surface area contributed by atoms with E-state index in [4.69, 9.17) is 10.5 Å². The van der Waals surface area contributed by atoms with Crippen molar-refractivity contribution in [2.45, 2.75) is 6.92 Å². The van der Waals surface area contributed by atoms with E-state index < -0.39 is 0 Å². The van der Waals surface area contributed by atoms with Crippen LogP contribution in [0.15, 0.2) is 42.5 Å². The number of carbonyl (C=O) groups is 1. The summed E-state index contributed by atoms with van der Waals surface area (Å²) in [5.41, 5.74) is 6.61. The van der Waals surface area contributed by atoms with Crippen LogP contribution >= 0.6 is 0 Å². The van der Waals surface area contributed by atoms with Gasteiger partial charge in [-0.15, -0.1) is 0 Å². The van der Waals surface area contributed by atoms with Crippen LogP contribution in [0.1, 0.15) is 17.3 Å². The van der Waals surface area contributed by atoms with E-state index >= 15 is 0 Å². The summed E-state index contributed by atoms with van der Waals surface area (Å²) in [7, 11) is 0. The maximum Gasteiger partial charge on any atom is 0.251 e. The van der Waals surface area contributed by atoms with Gasteiger partial charge in [0.1, 0.15) is 17.3 Å². The smallest absolute Gasteiger partial charge is 0.251 e. The van der Waals surface area contributed by atoms with Gasteiger partial charge in [0.15, 0.2) is 0 Å². The molecular formula is C15H15FN2O2. The molecule has 0 aliphatic rings. The molecule has 0 fully saturated rings. The SMILES string of the molecule is CCNC(=O)c1ccc(Oc2cccc(F)c2)c(N)c1. The van der Waals surface area contributed by atoms with Crippen molar-refractivity contribution >= 4 is 11.6 Å². The van der Waals surface area contributed by atoms with E-state index in [2.05, 4.69) is 5.32 Å². The Hall–Kier alpha value is -2.56. The third-order valence-corrected chi connectivity index (χ3v) is 2.63. The van der Waals surface area contributed by atoms with Crippen LogP contribution in [-0.4, -0.2) is 12.5 Å². The summed E-state index contributed by atoms with van der Waals surface area (Å²) < 4.78 is 18.5. The molecule has 5 heteroatoms. The molecule has 0 heterocycles. The quantitative estimate of drug-likeness (QED) is 0.842.